The van der Waals surface area contributed by atoms with Gasteiger partial charge in [0.05, 0.1) is 27.8 Å². The van der Waals surface area contributed by atoms with Gasteiger partial charge in [0.1, 0.15) is 17.0 Å². The van der Waals surface area contributed by atoms with E-state index in [4.69, 9.17) is 16.6 Å². The van der Waals surface area contributed by atoms with Gasteiger partial charge in [-0.2, -0.15) is 5.10 Å². The summed E-state index contributed by atoms with van der Waals surface area (Å²) in [6.45, 7) is 0. The smallest absolute Gasteiger partial charge is 0.191 e. The van der Waals surface area contributed by atoms with Crippen molar-refractivity contribution < 1.29 is 0 Å². The molecule has 4 aromatic heterocycles. The van der Waals surface area contributed by atoms with Crippen LogP contribution in [0, 0.1) is 0 Å². The fourth-order valence-corrected chi connectivity index (χ4v) is 3.48. The first-order valence-electron chi connectivity index (χ1n) is 8.25. The maximum Gasteiger partial charge on any atom is 0.191 e. The summed E-state index contributed by atoms with van der Waals surface area (Å²) < 4.78 is 1.71. The van der Waals surface area contributed by atoms with Gasteiger partial charge in [-0.1, -0.05) is 11.6 Å². The van der Waals surface area contributed by atoms with Gasteiger partial charge in [-0.25, -0.2) is 9.97 Å². The number of fused-ring (bicyclic) bond motifs is 2. The van der Waals surface area contributed by atoms with Gasteiger partial charge in [-0.05, 0) is 29.8 Å². The second kappa shape index (κ2) is 5.78. The molecule has 0 saturated carbocycles. The number of benzene rings is 1. The summed E-state index contributed by atoms with van der Waals surface area (Å²) in [7, 11) is 1.85. The number of aromatic amines is 2. The van der Waals surface area contributed by atoms with E-state index >= 15 is 0 Å². The Bertz CT molecular complexity index is 1380. The molecule has 27 heavy (non-hydrogen) atoms. The molecule has 0 unspecified atom stereocenters. The molecule has 5 rings (SSSR count). The molecule has 8 heteroatoms. The average Bonchev–Trinajstić information content (AvgIpc) is 3.30. The number of nitrogens with zero attached hydrogens (tertiary/aromatic N) is 4. The lowest BCUT2D eigenvalue weighted by atomic mass is 10.00. The summed E-state index contributed by atoms with van der Waals surface area (Å²) in [5, 5.41) is 5.53. The third-order valence-electron chi connectivity index (χ3n) is 4.49. The number of halogens is 1. The van der Waals surface area contributed by atoms with Crippen LogP contribution in [0.4, 0.5) is 0 Å². The van der Waals surface area contributed by atoms with Crippen LogP contribution in [0.25, 0.3) is 44.6 Å². The Morgan fingerprint density at radius 2 is 2.04 bits per heavy atom. The van der Waals surface area contributed by atoms with Crippen LogP contribution < -0.4 is 5.43 Å². The number of hydrogen-bond donors (Lipinski definition) is 2. The second-order valence-electron chi connectivity index (χ2n) is 6.25. The minimum atomic E-state index is -0.1000. The minimum Gasteiger partial charge on any atom is -0.346 e. The lowest BCUT2D eigenvalue weighted by Crippen LogP contribution is -2.03. The zero-order valence-electron chi connectivity index (χ0n) is 14.2. The van der Waals surface area contributed by atoms with Crippen LogP contribution >= 0.6 is 11.6 Å². The average molecular weight is 377 g/mol. The predicted octanol–water partition coefficient (Wildman–Crippen LogP) is 3.52. The van der Waals surface area contributed by atoms with Crippen LogP contribution in [0.15, 0.2) is 53.8 Å². The zero-order valence-corrected chi connectivity index (χ0v) is 14.9. The molecule has 0 atom stereocenters. The van der Waals surface area contributed by atoms with Crippen LogP contribution in [-0.2, 0) is 7.05 Å². The molecule has 132 valence electrons. The van der Waals surface area contributed by atoms with Gasteiger partial charge < -0.3 is 9.97 Å². The standard InChI is InChI=1S/C19H13ClN6O/c1-26-5-3-14(25-26)17-11(8-12-16(27)2-4-21-19(12)24-17)10-6-13(20)18-15(7-10)22-9-23-18/h2-9H,1H3,(H,22,23)(H,21,24,27). The van der Waals surface area contributed by atoms with Gasteiger partial charge in [0.25, 0.3) is 0 Å². The van der Waals surface area contributed by atoms with Gasteiger partial charge in [0, 0.05) is 31.1 Å². The maximum atomic E-state index is 12.3. The van der Waals surface area contributed by atoms with Gasteiger partial charge in [-0.3, -0.25) is 9.48 Å². The second-order valence-corrected chi connectivity index (χ2v) is 6.66. The Hall–Kier alpha value is -3.45. The van der Waals surface area contributed by atoms with E-state index in [2.05, 4.69) is 20.1 Å². The Balaban J connectivity index is 1.88. The van der Waals surface area contributed by atoms with E-state index in [0.717, 1.165) is 22.2 Å². The van der Waals surface area contributed by atoms with E-state index in [1.165, 1.54) is 6.07 Å². The van der Waals surface area contributed by atoms with Crippen LogP contribution in [0.3, 0.4) is 0 Å². The molecule has 0 bridgehead atoms. The molecule has 0 fully saturated rings. The van der Waals surface area contributed by atoms with Gasteiger partial charge in [0.15, 0.2) is 5.43 Å². The number of imidazole rings is 1. The number of nitrogens with one attached hydrogen (secondary N) is 2. The summed E-state index contributed by atoms with van der Waals surface area (Å²) in [6.07, 6.45) is 5.04. The van der Waals surface area contributed by atoms with E-state index < -0.39 is 0 Å². The van der Waals surface area contributed by atoms with Crippen molar-refractivity contribution in [1.29, 1.82) is 0 Å². The number of aromatic nitrogens is 6. The number of pyridine rings is 2. The van der Waals surface area contributed by atoms with Crippen molar-refractivity contribution in [3.8, 4) is 22.5 Å². The molecule has 0 radical (unpaired) electrons. The van der Waals surface area contributed by atoms with E-state index in [0.29, 0.717) is 27.4 Å². The Morgan fingerprint density at radius 1 is 1.15 bits per heavy atom. The van der Waals surface area contributed by atoms with Crippen LogP contribution in [0.5, 0.6) is 0 Å². The van der Waals surface area contributed by atoms with Crippen molar-refractivity contribution in [2.24, 2.45) is 7.05 Å². The monoisotopic (exact) mass is 376 g/mol. The minimum absolute atomic E-state index is 0.1000. The summed E-state index contributed by atoms with van der Waals surface area (Å²) >= 11 is 6.43. The fourth-order valence-electron chi connectivity index (χ4n) is 3.21. The van der Waals surface area contributed by atoms with E-state index in [9.17, 15) is 4.79 Å². The molecule has 0 aliphatic rings. The highest BCUT2D eigenvalue weighted by molar-refractivity contribution is 6.35. The molecule has 2 N–H and O–H groups in total. The highest BCUT2D eigenvalue weighted by Gasteiger charge is 2.16. The normalized spacial score (nSPS) is 11.5. The first-order valence-corrected chi connectivity index (χ1v) is 8.63. The number of hydrogen-bond acceptors (Lipinski definition) is 4. The molecule has 0 aliphatic carbocycles. The van der Waals surface area contributed by atoms with Crippen LogP contribution in [0.2, 0.25) is 5.02 Å². The topological polar surface area (TPSA) is 92.2 Å². The summed E-state index contributed by atoms with van der Waals surface area (Å²) in [5.74, 6) is 0. The first-order chi connectivity index (χ1) is 13.1. The van der Waals surface area contributed by atoms with Crippen molar-refractivity contribution in [3.63, 3.8) is 0 Å². The van der Waals surface area contributed by atoms with E-state index in [1.54, 1.807) is 17.2 Å². The lowest BCUT2D eigenvalue weighted by Gasteiger charge is -2.10. The summed E-state index contributed by atoms with van der Waals surface area (Å²) in [4.78, 5) is 27.4. The third-order valence-corrected chi connectivity index (χ3v) is 4.79. The number of H-pyrrole nitrogens is 2. The van der Waals surface area contributed by atoms with Crippen molar-refractivity contribution in [2.75, 3.05) is 0 Å². The van der Waals surface area contributed by atoms with Crippen molar-refractivity contribution >= 4 is 33.7 Å². The molecule has 0 spiro atoms. The molecule has 4 heterocycles. The summed E-state index contributed by atoms with van der Waals surface area (Å²) in [6, 6.07) is 8.96. The molecule has 1 aromatic carbocycles. The summed E-state index contributed by atoms with van der Waals surface area (Å²) in [5.41, 5.74) is 4.88. The number of rotatable bonds is 2. The largest absolute Gasteiger partial charge is 0.346 e. The first kappa shape index (κ1) is 15.8. The van der Waals surface area contributed by atoms with Crippen molar-refractivity contribution in [2.45, 2.75) is 0 Å². The molecule has 0 amide bonds. The van der Waals surface area contributed by atoms with Gasteiger partial charge in [0.2, 0.25) is 0 Å². The van der Waals surface area contributed by atoms with Crippen molar-refractivity contribution in [1.82, 2.24) is 29.7 Å². The lowest BCUT2D eigenvalue weighted by molar-refractivity contribution is 0.770. The Labute approximate surface area is 157 Å². The van der Waals surface area contributed by atoms with E-state index in [-0.39, 0.29) is 5.43 Å². The zero-order chi connectivity index (χ0) is 18.5. The molecular formula is C19H13ClN6O. The van der Waals surface area contributed by atoms with Gasteiger partial charge in [-0.15, -0.1) is 0 Å². The van der Waals surface area contributed by atoms with Crippen LogP contribution in [0.1, 0.15) is 0 Å². The van der Waals surface area contributed by atoms with Crippen molar-refractivity contribution in [3.05, 3.63) is 64.3 Å². The predicted molar refractivity (Wildman–Crippen MR) is 105 cm³/mol. The highest BCUT2D eigenvalue weighted by atomic mass is 35.5. The Morgan fingerprint density at radius 3 is 2.85 bits per heavy atom. The quantitative estimate of drug-likeness (QED) is 0.493. The maximum absolute atomic E-state index is 12.3. The third kappa shape index (κ3) is 2.51. The van der Waals surface area contributed by atoms with E-state index in [1.807, 2.05) is 37.5 Å². The Kier molecular flexibility index (Phi) is 3.38. The SMILES string of the molecule is Cn1ccc(-c2nc3[nH]ccc(=O)c3cc2-c2cc(Cl)c3[nH]cnc3c2)n1. The van der Waals surface area contributed by atoms with Gasteiger partial charge >= 0.3 is 0 Å². The number of aryl methyl sites for hydroxylation is 1. The van der Waals surface area contributed by atoms with Crippen LogP contribution in [-0.4, -0.2) is 29.7 Å². The fraction of sp³-hybridized carbons (Fsp3) is 0.0526. The molecule has 7 nitrogen and oxygen atoms in total. The molecular weight excluding hydrogens is 364 g/mol. The molecule has 5 aromatic rings. The molecule has 0 aliphatic heterocycles. The molecule has 0 saturated heterocycles. The highest BCUT2D eigenvalue weighted by Crippen LogP contribution is 2.35.